The van der Waals surface area contributed by atoms with Gasteiger partial charge >= 0.3 is 0 Å². The molecular formula is C13H15Cl2N3. The van der Waals surface area contributed by atoms with Crippen LogP contribution >= 0.6 is 23.2 Å². The van der Waals surface area contributed by atoms with Crippen LogP contribution in [-0.4, -0.2) is 16.7 Å². The molecule has 0 bridgehead atoms. The number of rotatable bonds is 5. The van der Waals surface area contributed by atoms with Gasteiger partial charge in [-0.25, -0.2) is 0 Å². The molecular weight excluding hydrogens is 269 g/mol. The summed E-state index contributed by atoms with van der Waals surface area (Å²) < 4.78 is 0. The fraction of sp³-hybridized carbons (Fsp3) is 0.308. The lowest BCUT2D eigenvalue weighted by Crippen LogP contribution is -2.13. The lowest BCUT2D eigenvalue weighted by molar-refractivity contribution is 0.662. The third kappa shape index (κ3) is 3.25. The third-order valence-corrected chi connectivity index (χ3v) is 3.33. The average molecular weight is 284 g/mol. The Morgan fingerprint density at radius 3 is 2.78 bits per heavy atom. The summed E-state index contributed by atoms with van der Waals surface area (Å²) in [4.78, 5) is 0. The van der Waals surface area contributed by atoms with E-state index in [-0.39, 0.29) is 0 Å². The molecule has 1 aromatic heterocycles. The Balaban J connectivity index is 2.11. The minimum Gasteiger partial charge on any atom is -0.311 e. The van der Waals surface area contributed by atoms with Crippen LogP contribution in [0.5, 0.6) is 0 Å². The SMILES string of the molecule is CCCNCc1cc(-c2ccc(Cl)c(Cl)c2)n[nH]1. The zero-order valence-electron chi connectivity index (χ0n) is 10.1. The molecule has 3 nitrogen and oxygen atoms in total. The Hall–Kier alpha value is -1.03. The first-order chi connectivity index (χ1) is 8.70. The predicted octanol–water partition coefficient (Wildman–Crippen LogP) is 3.88. The second-order valence-electron chi connectivity index (χ2n) is 4.08. The van der Waals surface area contributed by atoms with E-state index in [4.69, 9.17) is 23.2 Å². The normalized spacial score (nSPS) is 10.8. The fourth-order valence-electron chi connectivity index (χ4n) is 1.66. The van der Waals surface area contributed by atoms with Crippen LogP contribution in [-0.2, 0) is 6.54 Å². The van der Waals surface area contributed by atoms with E-state index in [1.807, 2.05) is 18.2 Å². The number of benzene rings is 1. The molecule has 0 aliphatic heterocycles. The number of H-pyrrole nitrogens is 1. The van der Waals surface area contributed by atoms with Crippen molar-refractivity contribution in [2.75, 3.05) is 6.54 Å². The van der Waals surface area contributed by atoms with Crippen molar-refractivity contribution in [1.29, 1.82) is 0 Å². The van der Waals surface area contributed by atoms with Crippen molar-refractivity contribution >= 4 is 23.2 Å². The zero-order chi connectivity index (χ0) is 13.0. The maximum atomic E-state index is 5.99. The highest BCUT2D eigenvalue weighted by molar-refractivity contribution is 6.42. The summed E-state index contributed by atoms with van der Waals surface area (Å²) in [5, 5.41) is 11.7. The first-order valence-corrected chi connectivity index (χ1v) is 6.66. The van der Waals surface area contributed by atoms with Gasteiger partial charge in [-0.1, -0.05) is 36.2 Å². The Kier molecular flexibility index (Phi) is 4.64. The van der Waals surface area contributed by atoms with Crippen LogP contribution in [0.25, 0.3) is 11.3 Å². The third-order valence-electron chi connectivity index (χ3n) is 2.59. The number of nitrogens with one attached hydrogen (secondary N) is 2. The summed E-state index contributed by atoms with van der Waals surface area (Å²) in [6.07, 6.45) is 1.12. The van der Waals surface area contributed by atoms with E-state index in [1.165, 1.54) is 0 Å². The minimum atomic E-state index is 0.544. The summed E-state index contributed by atoms with van der Waals surface area (Å²) >= 11 is 11.9. The van der Waals surface area contributed by atoms with Gasteiger partial charge in [0.25, 0.3) is 0 Å². The molecule has 0 spiro atoms. The van der Waals surface area contributed by atoms with Gasteiger partial charge in [0, 0.05) is 17.8 Å². The van der Waals surface area contributed by atoms with Crippen molar-refractivity contribution in [1.82, 2.24) is 15.5 Å². The van der Waals surface area contributed by atoms with Crippen molar-refractivity contribution in [3.8, 4) is 11.3 Å². The standard InChI is InChI=1S/C13H15Cl2N3/c1-2-5-16-8-10-7-13(18-17-10)9-3-4-11(14)12(15)6-9/h3-4,6-7,16H,2,5,8H2,1H3,(H,17,18). The molecule has 0 saturated heterocycles. The Bertz CT molecular complexity index is 523. The van der Waals surface area contributed by atoms with E-state index in [0.717, 1.165) is 36.5 Å². The van der Waals surface area contributed by atoms with Gasteiger partial charge in [-0.3, -0.25) is 5.10 Å². The molecule has 0 aliphatic carbocycles. The molecule has 2 N–H and O–H groups in total. The maximum absolute atomic E-state index is 5.99. The number of halogens is 2. The van der Waals surface area contributed by atoms with Gasteiger partial charge in [0.15, 0.2) is 0 Å². The van der Waals surface area contributed by atoms with Crippen LogP contribution in [0.2, 0.25) is 10.0 Å². The van der Waals surface area contributed by atoms with Gasteiger partial charge in [0.05, 0.1) is 15.7 Å². The van der Waals surface area contributed by atoms with Gasteiger partial charge in [0.2, 0.25) is 0 Å². The Labute approximate surface area is 117 Å². The highest BCUT2D eigenvalue weighted by atomic mass is 35.5. The number of aromatic amines is 1. The van der Waals surface area contributed by atoms with Crippen molar-refractivity contribution in [2.24, 2.45) is 0 Å². The van der Waals surface area contributed by atoms with Gasteiger partial charge in [0.1, 0.15) is 0 Å². The second kappa shape index (κ2) is 6.23. The van der Waals surface area contributed by atoms with Crippen LogP contribution < -0.4 is 5.32 Å². The van der Waals surface area contributed by atoms with Crippen LogP contribution in [0, 0.1) is 0 Å². The molecule has 1 heterocycles. The van der Waals surface area contributed by atoms with Crippen LogP contribution in [0.4, 0.5) is 0 Å². The molecule has 0 fully saturated rings. The molecule has 18 heavy (non-hydrogen) atoms. The zero-order valence-corrected chi connectivity index (χ0v) is 11.6. The summed E-state index contributed by atoms with van der Waals surface area (Å²) in [6.45, 7) is 3.93. The predicted molar refractivity (Wildman–Crippen MR) is 76.0 cm³/mol. The summed E-state index contributed by atoms with van der Waals surface area (Å²) in [6, 6.07) is 7.53. The van der Waals surface area contributed by atoms with Crippen molar-refractivity contribution < 1.29 is 0 Å². The number of aromatic nitrogens is 2. The highest BCUT2D eigenvalue weighted by Crippen LogP contribution is 2.27. The Morgan fingerprint density at radius 2 is 2.06 bits per heavy atom. The van der Waals surface area contributed by atoms with E-state index in [0.29, 0.717) is 10.0 Å². The average Bonchev–Trinajstić information content (AvgIpc) is 2.82. The first kappa shape index (κ1) is 13.4. The largest absolute Gasteiger partial charge is 0.311 e. The van der Waals surface area contributed by atoms with Crippen molar-refractivity contribution in [3.05, 3.63) is 40.0 Å². The molecule has 0 unspecified atom stereocenters. The van der Waals surface area contributed by atoms with Gasteiger partial charge < -0.3 is 5.32 Å². The molecule has 0 radical (unpaired) electrons. The lowest BCUT2D eigenvalue weighted by atomic mass is 10.1. The fourth-order valence-corrected chi connectivity index (χ4v) is 1.95. The smallest absolute Gasteiger partial charge is 0.0924 e. The van der Waals surface area contributed by atoms with E-state index in [1.54, 1.807) is 6.07 Å². The topological polar surface area (TPSA) is 40.7 Å². The molecule has 0 saturated carbocycles. The van der Waals surface area contributed by atoms with Gasteiger partial charge in [-0.15, -0.1) is 0 Å². The van der Waals surface area contributed by atoms with Gasteiger partial charge in [-0.2, -0.15) is 5.10 Å². The van der Waals surface area contributed by atoms with E-state index >= 15 is 0 Å². The van der Waals surface area contributed by atoms with Crippen LogP contribution in [0.15, 0.2) is 24.3 Å². The van der Waals surface area contributed by atoms with Crippen molar-refractivity contribution in [3.63, 3.8) is 0 Å². The molecule has 2 rings (SSSR count). The summed E-state index contributed by atoms with van der Waals surface area (Å²) in [5.41, 5.74) is 2.90. The van der Waals surface area contributed by atoms with E-state index in [9.17, 15) is 0 Å². The number of hydrogen-bond donors (Lipinski definition) is 2. The minimum absolute atomic E-state index is 0.544. The maximum Gasteiger partial charge on any atom is 0.0924 e. The second-order valence-corrected chi connectivity index (χ2v) is 4.90. The lowest BCUT2D eigenvalue weighted by Gasteiger charge is -1.99. The highest BCUT2D eigenvalue weighted by Gasteiger charge is 2.06. The molecule has 0 atom stereocenters. The monoisotopic (exact) mass is 283 g/mol. The molecule has 0 aliphatic rings. The van der Waals surface area contributed by atoms with Crippen molar-refractivity contribution in [2.45, 2.75) is 19.9 Å². The molecule has 96 valence electrons. The van der Waals surface area contributed by atoms with Gasteiger partial charge in [-0.05, 0) is 31.2 Å². The van der Waals surface area contributed by atoms with E-state index in [2.05, 4.69) is 22.4 Å². The summed E-state index contributed by atoms with van der Waals surface area (Å²) in [5.74, 6) is 0. The van der Waals surface area contributed by atoms with Crippen LogP contribution in [0.3, 0.4) is 0 Å². The molecule has 0 amide bonds. The quantitative estimate of drug-likeness (QED) is 0.818. The Morgan fingerprint density at radius 1 is 1.22 bits per heavy atom. The van der Waals surface area contributed by atoms with Crippen LogP contribution in [0.1, 0.15) is 19.0 Å². The molecule has 2 aromatic rings. The van der Waals surface area contributed by atoms with E-state index < -0.39 is 0 Å². The number of nitrogens with zero attached hydrogens (tertiary/aromatic N) is 1. The number of hydrogen-bond acceptors (Lipinski definition) is 2. The first-order valence-electron chi connectivity index (χ1n) is 5.91. The molecule has 5 heteroatoms. The summed E-state index contributed by atoms with van der Waals surface area (Å²) in [7, 11) is 0. The molecule has 1 aromatic carbocycles.